The van der Waals surface area contributed by atoms with Crippen LogP contribution in [0.4, 0.5) is 4.39 Å². The molecule has 17 heavy (non-hydrogen) atoms. The number of benzene rings is 1. The van der Waals surface area contributed by atoms with Gasteiger partial charge in [-0.25, -0.2) is 4.39 Å². The van der Waals surface area contributed by atoms with Crippen molar-refractivity contribution in [3.63, 3.8) is 0 Å². The molecule has 90 valence electrons. The van der Waals surface area contributed by atoms with Crippen LogP contribution in [0.2, 0.25) is 0 Å². The van der Waals surface area contributed by atoms with Crippen molar-refractivity contribution in [3.05, 3.63) is 35.1 Å². The number of ether oxygens (including phenoxy) is 1. The SMILES string of the molecule is CCOC(=O)CSCc1cc(F)cc(C#N)c1. The van der Waals surface area contributed by atoms with Crippen molar-refractivity contribution in [2.24, 2.45) is 0 Å². The van der Waals surface area contributed by atoms with E-state index in [1.807, 2.05) is 6.07 Å². The predicted molar refractivity (Wildman–Crippen MR) is 63.9 cm³/mol. The quantitative estimate of drug-likeness (QED) is 0.756. The Labute approximate surface area is 104 Å². The van der Waals surface area contributed by atoms with Crippen molar-refractivity contribution in [3.8, 4) is 6.07 Å². The standard InChI is InChI=1S/C12H12FNO2S/c1-2-16-12(15)8-17-7-10-3-9(6-14)4-11(13)5-10/h3-5H,2,7-8H2,1H3. The third kappa shape index (κ3) is 4.87. The minimum Gasteiger partial charge on any atom is -0.465 e. The summed E-state index contributed by atoms with van der Waals surface area (Å²) < 4.78 is 17.8. The van der Waals surface area contributed by atoms with Gasteiger partial charge in [0.05, 0.1) is 24.0 Å². The number of carbonyl (C=O) groups excluding carboxylic acids is 1. The van der Waals surface area contributed by atoms with E-state index in [1.54, 1.807) is 13.0 Å². The van der Waals surface area contributed by atoms with Crippen LogP contribution < -0.4 is 0 Å². The molecule has 1 aromatic rings. The zero-order valence-electron chi connectivity index (χ0n) is 9.40. The highest BCUT2D eigenvalue weighted by Crippen LogP contribution is 2.15. The maximum absolute atomic E-state index is 13.1. The third-order valence-corrected chi connectivity index (χ3v) is 2.86. The number of rotatable bonds is 5. The number of esters is 1. The van der Waals surface area contributed by atoms with Crippen molar-refractivity contribution in [1.82, 2.24) is 0 Å². The molecule has 0 aliphatic carbocycles. The maximum atomic E-state index is 13.1. The van der Waals surface area contributed by atoms with Crippen LogP contribution in [-0.4, -0.2) is 18.3 Å². The van der Waals surface area contributed by atoms with Crippen molar-refractivity contribution in [2.45, 2.75) is 12.7 Å². The minimum absolute atomic E-state index is 0.228. The topological polar surface area (TPSA) is 50.1 Å². The zero-order chi connectivity index (χ0) is 12.7. The van der Waals surface area contributed by atoms with Crippen molar-refractivity contribution >= 4 is 17.7 Å². The Kier molecular flexibility index (Phi) is 5.50. The van der Waals surface area contributed by atoms with E-state index < -0.39 is 5.82 Å². The summed E-state index contributed by atoms with van der Waals surface area (Å²) in [5, 5.41) is 8.67. The van der Waals surface area contributed by atoms with Gasteiger partial charge in [-0.3, -0.25) is 4.79 Å². The first-order chi connectivity index (χ1) is 8.15. The van der Waals surface area contributed by atoms with E-state index in [4.69, 9.17) is 10.00 Å². The molecule has 0 spiro atoms. The van der Waals surface area contributed by atoms with Crippen LogP contribution in [0.5, 0.6) is 0 Å². The van der Waals surface area contributed by atoms with Crippen molar-refractivity contribution in [2.75, 3.05) is 12.4 Å². The van der Waals surface area contributed by atoms with E-state index in [-0.39, 0.29) is 17.3 Å². The van der Waals surface area contributed by atoms with Gasteiger partial charge >= 0.3 is 5.97 Å². The fourth-order valence-corrected chi connectivity index (χ4v) is 2.01. The lowest BCUT2D eigenvalue weighted by molar-refractivity contribution is -0.139. The summed E-state index contributed by atoms with van der Waals surface area (Å²) >= 11 is 1.33. The number of thioether (sulfide) groups is 1. The molecular formula is C12H12FNO2S. The van der Waals surface area contributed by atoms with E-state index in [0.29, 0.717) is 17.9 Å². The fraction of sp³-hybridized carbons (Fsp3) is 0.333. The molecule has 0 heterocycles. The number of hydrogen-bond acceptors (Lipinski definition) is 4. The Morgan fingerprint density at radius 1 is 1.53 bits per heavy atom. The first kappa shape index (κ1) is 13.5. The molecule has 0 amide bonds. The summed E-state index contributed by atoms with van der Waals surface area (Å²) in [7, 11) is 0. The maximum Gasteiger partial charge on any atom is 0.315 e. The molecule has 5 heteroatoms. The van der Waals surface area contributed by atoms with E-state index >= 15 is 0 Å². The Morgan fingerprint density at radius 3 is 2.94 bits per heavy atom. The van der Waals surface area contributed by atoms with Gasteiger partial charge in [-0.15, -0.1) is 11.8 Å². The molecule has 0 fully saturated rings. The second-order valence-corrected chi connectivity index (χ2v) is 4.24. The van der Waals surface area contributed by atoms with Crippen LogP contribution in [-0.2, 0) is 15.3 Å². The second kappa shape index (κ2) is 6.92. The predicted octanol–water partition coefficient (Wildman–Crippen LogP) is 2.49. The molecule has 0 atom stereocenters. The first-order valence-corrected chi connectivity index (χ1v) is 6.24. The highest BCUT2D eigenvalue weighted by atomic mass is 32.2. The Bertz CT molecular complexity index is 443. The van der Waals surface area contributed by atoms with E-state index in [9.17, 15) is 9.18 Å². The van der Waals surface area contributed by atoms with Crippen molar-refractivity contribution < 1.29 is 13.9 Å². The second-order valence-electron chi connectivity index (χ2n) is 3.26. The normalized spacial score (nSPS) is 9.71. The largest absolute Gasteiger partial charge is 0.465 e. The van der Waals surface area contributed by atoms with E-state index in [1.165, 1.54) is 23.9 Å². The van der Waals surface area contributed by atoms with Gasteiger partial charge in [0.25, 0.3) is 0 Å². The van der Waals surface area contributed by atoms with Gasteiger partial charge < -0.3 is 4.74 Å². The smallest absolute Gasteiger partial charge is 0.315 e. The molecule has 0 saturated heterocycles. The molecule has 1 rings (SSSR count). The van der Waals surface area contributed by atoms with Gasteiger partial charge in [0, 0.05) is 5.75 Å². The molecule has 3 nitrogen and oxygen atoms in total. The van der Waals surface area contributed by atoms with Crippen LogP contribution in [0.15, 0.2) is 18.2 Å². The van der Waals surface area contributed by atoms with Crippen LogP contribution in [0.1, 0.15) is 18.1 Å². The molecule has 0 unspecified atom stereocenters. The first-order valence-electron chi connectivity index (χ1n) is 5.08. The van der Waals surface area contributed by atoms with Gasteiger partial charge in [-0.05, 0) is 30.7 Å². The molecule has 0 N–H and O–H groups in total. The highest BCUT2D eigenvalue weighted by molar-refractivity contribution is 7.99. The molecule has 0 aromatic heterocycles. The molecule has 0 radical (unpaired) electrons. The number of hydrogen-bond donors (Lipinski definition) is 0. The van der Waals surface area contributed by atoms with Crippen LogP contribution >= 0.6 is 11.8 Å². The molecule has 0 bridgehead atoms. The van der Waals surface area contributed by atoms with E-state index in [2.05, 4.69) is 0 Å². The van der Waals surface area contributed by atoms with Gasteiger partial charge in [0.2, 0.25) is 0 Å². The molecule has 0 aliphatic heterocycles. The minimum atomic E-state index is -0.434. The molecule has 1 aromatic carbocycles. The fourth-order valence-electron chi connectivity index (χ4n) is 1.25. The lowest BCUT2D eigenvalue weighted by atomic mass is 10.1. The van der Waals surface area contributed by atoms with Gasteiger partial charge in [-0.2, -0.15) is 5.26 Å². The third-order valence-electron chi connectivity index (χ3n) is 1.88. The molecule has 0 aliphatic rings. The number of halogens is 1. The summed E-state index contributed by atoms with van der Waals surface area (Å²) in [4.78, 5) is 11.1. The van der Waals surface area contributed by atoms with Crippen LogP contribution in [0.25, 0.3) is 0 Å². The Morgan fingerprint density at radius 2 is 2.29 bits per heavy atom. The number of carbonyl (C=O) groups is 1. The van der Waals surface area contributed by atoms with Crippen LogP contribution in [0, 0.1) is 17.1 Å². The van der Waals surface area contributed by atoms with Gasteiger partial charge in [-0.1, -0.05) is 0 Å². The van der Waals surface area contributed by atoms with E-state index in [0.717, 1.165) is 0 Å². The summed E-state index contributed by atoms with van der Waals surface area (Å²) in [5.74, 6) is -0.0116. The monoisotopic (exact) mass is 253 g/mol. The zero-order valence-corrected chi connectivity index (χ0v) is 10.2. The van der Waals surface area contributed by atoms with Gasteiger partial charge in [0.15, 0.2) is 0 Å². The lowest BCUT2D eigenvalue weighted by Gasteiger charge is -2.03. The average Bonchev–Trinajstić information content (AvgIpc) is 2.28. The Balaban J connectivity index is 2.50. The summed E-state index contributed by atoms with van der Waals surface area (Å²) in [6.45, 7) is 2.10. The summed E-state index contributed by atoms with van der Waals surface area (Å²) in [5.41, 5.74) is 0.979. The van der Waals surface area contributed by atoms with Gasteiger partial charge in [0.1, 0.15) is 5.82 Å². The van der Waals surface area contributed by atoms with Crippen LogP contribution in [0.3, 0.4) is 0 Å². The highest BCUT2D eigenvalue weighted by Gasteiger charge is 2.04. The molecule has 0 saturated carbocycles. The number of nitrogens with zero attached hydrogens (tertiary/aromatic N) is 1. The van der Waals surface area contributed by atoms with Crippen molar-refractivity contribution in [1.29, 1.82) is 5.26 Å². The number of nitriles is 1. The average molecular weight is 253 g/mol. The molecular weight excluding hydrogens is 241 g/mol. The summed E-state index contributed by atoms with van der Waals surface area (Å²) in [6, 6.07) is 6.04. The lowest BCUT2D eigenvalue weighted by Crippen LogP contribution is -2.06. The summed E-state index contributed by atoms with van der Waals surface area (Å²) in [6.07, 6.45) is 0. The Hall–Kier alpha value is -1.54.